The summed E-state index contributed by atoms with van der Waals surface area (Å²) in [6, 6.07) is 4.99. The maximum absolute atomic E-state index is 13.6. The predicted molar refractivity (Wildman–Crippen MR) is 77.6 cm³/mol. The monoisotopic (exact) mass is 325 g/mol. The quantitative estimate of drug-likeness (QED) is 0.933. The fraction of sp³-hybridized carbons (Fsp3) is 0.357. The molecule has 0 saturated carbocycles. The lowest BCUT2D eigenvalue weighted by Gasteiger charge is -2.19. The Balaban J connectivity index is 2.52. The summed E-state index contributed by atoms with van der Waals surface area (Å²) < 4.78 is 16.4. The summed E-state index contributed by atoms with van der Waals surface area (Å²) in [5.41, 5.74) is 2.82. The number of rotatable bonds is 4. The molecule has 2 rings (SSSR count). The van der Waals surface area contributed by atoms with Crippen molar-refractivity contribution in [2.24, 2.45) is 0 Å². The highest BCUT2D eigenvalue weighted by atomic mass is 79.9. The maximum Gasteiger partial charge on any atom is 0.123 e. The van der Waals surface area contributed by atoms with Crippen LogP contribution in [0.2, 0.25) is 0 Å². The van der Waals surface area contributed by atoms with E-state index in [9.17, 15) is 4.39 Å². The van der Waals surface area contributed by atoms with Crippen LogP contribution in [0.4, 0.5) is 4.39 Å². The van der Waals surface area contributed by atoms with Gasteiger partial charge in [-0.3, -0.25) is 4.68 Å². The number of aromatic nitrogens is 2. The van der Waals surface area contributed by atoms with E-state index < -0.39 is 0 Å². The topological polar surface area (TPSA) is 29.9 Å². The van der Waals surface area contributed by atoms with Crippen LogP contribution in [-0.2, 0) is 6.54 Å². The molecule has 0 aliphatic rings. The third kappa shape index (κ3) is 2.87. The zero-order valence-corrected chi connectivity index (χ0v) is 12.8. The third-order valence-electron chi connectivity index (χ3n) is 3.09. The second-order valence-corrected chi connectivity index (χ2v) is 5.33. The Morgan fingerprint density at radius 2 is 2.16 bits per heavy atom. The predicted octanol–water partition coefficient (Wildman–Crippen LogP) is 3.42. The minimum atomic E-state index is -0.214. The number of hydrogen-bond donors (Lipinski definition) is 1. The summed E-state index contributed by atoms with van der Waals surface area (Å²) in [5, 5.41) is 7.54. The molecular weight excluding hydrogens is 309 g/mol. The van der Waals surface area contributed by atoms with Crippen molar-refractivity contribution in [3.05, 3.63) is 51.5 Å². The smallest absolute Gasteiger partial charge is 0.123 e. The van der Waals surface area contributed by atoms with Crippen LogP contribution < -0.4 is 5.32 Å². The highest BCUT2D eigenvalue weighted by Gasteiger charge is 2.20. The van der Waals surface area contributed by atoms with Crippen molar-refractivity contribution >= 4 is 15.9 Å². The number of benzene rings is 1. The van der Waals surface area contributed by atoms with Crippen molar-refractivity contribution in [3.63, 3.8) is 0 Å². The average Bonchev–Trinajstić information content (AvgIpc) is 2.71. The van der Waals surface area contributed by atoms with Crippen LogP contribution in [0.3, 0.4) is 0 Å². The molecule has 0 amide bonds. The summed E-state index contributed by atoms with van der Waals surface area (Å²) in [4.78, 5) is 0. The lowest BCUT2D eigenvalue weighted by Crippen LogP contribution is -2.22. The molecule has 1 atom stereocenters. The van der Waals surface area contributed by atoms with Crippen molar-refractivity contribution < 1.29 is 4.39 Å². The van der Waals surface area contributed by atoms with Gasteiger partial charge in [-0.25, -0.2) is 4.39 Å². The van der Waals surface area contributed by atoms with E-state index in [0.29, 0.717) is 0 Å². The van der Waals surface area contributed by atoms with Gasteiger partial charge in [-0.2, -0.15) is 5.10 Å². The van der Waals surface area contributed by atoms with E-state index in [1.165, 1.54) is 6.07 Å². The second kappa shape index (κ2) is 5.84. The maximum atomic E-state index is 13.6. The van der Waals surface area contributed by atoms with Crippen LogP contribution >= 0.6 is 15.9 Å². The van der Waals surface area contributed by atoms with Crippen LogP contribution in [0.5, 0.6) is 0 Å². The molecular formula is C14H17BrFN3. The normalized spacial score (nSPS) is 12.7. The minimum absolute atomic E-state index is 0.0915. The molecule has 3 nitrogen and oxygen atoms in total. The molecule has 0 fully saturated rings. The van der Waals surface area contributed by atoms with Crippen LogP contribution in [0.25, 0.3) is 0 Å². The number of halogens is 2. The van der Waals surface area contributed by atoms with Crippen LogP contribution in [0, 0.1) is 12.7 Å². The largest absolute Gasteiger partial charge is 0.308 e. The van der Waals surface area contributed by atoms with Gasteiger partial charge in [-0.05, 0) is 60.1 Å². The fourth-order valence-electron chi connectivity index (χ4n) is 2.30. The number of nitrogens with one attached hydrogen (secondary N) is 1. The number of aryl methyl sites for hydroxylation is 2. The lowest BCUT2D eigenvalue weighted by molar-refractivity contribution is 0.556. The summed E-state index contributed by atoms with van der Waals surface area (Å²) in [5.74, 6) is -0.214. The van der Waals surface area contributed by atoms with Gasteiger partial charge in [0.2, 0.25) is 0 Å². The van der Waals surface area contributed by atoms with Gasteiger partial charge < -0.3 is 5.32 Å². The molecule has 2 aromatic rings. The van der Waals surface area contributed by atoms with E-state index >= 15 is 0 Å². The zero-order valence-electron chi connectivity index (χ0n) is 11.2. The minimum Gasteiger partial charge on any atom is -0.308 e. The van der Waals surface area contributed by atoms with E-state index in [4.69, 9.17) is 0 Å². The Hall–Kier alpha value is -1.20. The van der Waals surface area contributed by atoms with Gasteiger partial charge in [0.05, 0.1) is 22.4 Å². The highest BCUT2D eigenvalue weighted by molar-refractivity contribution is 9.10. The molecule has 19 heavy (non-hydrogen) atoms. The van der Waals surface area contributed by atoms with E-state index in [1.54, 1.807) is 12.3 Å². The van der Waals surface area contributed by atoms with Gasteiger partial charge >= 0.3 is 0 Å². The summed E-state index contributed by atoms with van der Waals surface area (Å²) in [6.07, 6.45) is 1.77. The first kappa shape index (κ1) is 14.2. The Kier molecular flexibility index (Phi) is 4.37. The van der Waals surface area contributed by atoms with Crippen LogP contribution in [0.15, 0.2) is 28.9 Å². The van der Waals surface area contributed by atoms with Crippen LogP contribution in [-0.4, -0.2) is 16.8 Å². The first-order chi connectivity index (χ1) is 9.06. The van der Waals surface area contributed by atoms with Gasteiger partial charge in [0.15, 0.2) is 0 Å². The van der Waals surface area contributed by atoms with E-state index in [2.05, 4.69) is 26.3 Å². The van der Waals surface area contributed by atoms with Gasteiger partial charge in [0.1, 0.15) is 5.82 Å². The Bertz CT molecular complexity index is 560. The molecule has 0 radical (unpaired) electrons. The highest BCUT2D eigenvalue weighted by Crippen LogP contribution is 2.29. The molecule has 0 aliphatic heterocycles. The SMILES string of the molecule is CCn1ncc(Br)c1C(NC)c1cc(C)cc(F)c1. The van der Waals surface area contributed by atoms with Crippen LogP contribution in [0.1, 0.15) is 29.8 Å². The van der Waals surface area contributed by atoms with E-state index in [1.807, 2.05) is 31.6 Å². The van der Waals surface area contributed by atoms with Crippen molar-refractivity contribution in [3.8, 4) is 0 Å². The molecule has 1 aromatic carbocycles. The Morgan fingerprint density at radius 1 is 1.42 bits per heavy atom. The molecule has 5 heteroatoms. The van der Waals surface area contributed by atoms with Crippen molar-refractivity contribution in [2.75, 3.05) is 7.05 Å². The molecule has 0 aliphatic carbocycles. The Morgan fingerprint density at radius 3 is 2.74 bits per heavy atom. The molecule has 0 saturated heterocycles. The molecule has 0 bridgehead atoms. The molecule has 1 N–H and O–H groups in total. The molecule has 102 valence electrons. The average molecular weight is 326 g/mol. The fourth-order valence-corrected chi connectivity index (χ4v) is 2.83. The standard InChI is InChI=1S/C14H17BrFN3/c1-4-19-14(12(15)8-18-19)13(17-3)10-5-9(2)6-11(16)7-10/h5-8,13,17H,4H2,1-3H3. The van der Waals surface area contributed by atoms with E-state index in [0.717, 1.165) is 27.8 Å². The van der Waals surface area contributed by atoms with Gasteiger partial charge in [-0.15, -0.1) is 0 Å². The summed E-state index contributed by atoms with van der Waals surface area (Å²) in [7, 11) is 1.87. The summed E-state index contributed by atoms with van der Waals surface area (Å²) in [6.45, 7) is 4.70. The van der Waals surface area contributed by atoms with Gasteiger partial charge in [0.25, 0.3) is 0 Å². The third-order valence-corrected chi connectivity index (χ3v) is 3.70. The van der Waals surface area contributed by atoms with Crippen molar-refractivity contribution in [1.29, 1.82) is 0 Å². The van der Waals surface area contributed by atoms with E-state index in [-0.39, 0.29) is 11.9 Å². The molecule has 1 unspecified atom stereocenters. The molecule has 1 heterocycles. The second-order valence-electron chi connectivity index (χ2n) is 4.48. The first-order valence-electron chi connectivity index (χ1n) is 6.22. The number of nitrogens with zero attached hydrogens (tertiary/aromatic N) is 2. The number of hydrogen-bond acceptors (Lipinski definition) is 2. The first-order valence-corrected chi connectivity index (χ1v) is 7.01. The molecule has 1 aromatic heterocycles. The lowest BCUT2D eigenvalue weighted by atomic mass is 10.0. The van der Waals surface area contributed by atoms with Crippen molar-refractivity contribution in [1.82, 2.24) is 15.1 Å². The zero-order chi connectivity index (χ0) is 14.0. The Labute approximate surface area is 121 Å². The molecule has 0 spiro atoms. The van der Waals surface area contributed by atoms with Gasteiger partial charge in [-0.1, -0.05) is 6.07 Å². The summed E-state index contributed by atoms with van der Waals surface area (Å²) >= 11 is 3.52. The van der Waals surface area contributed by atoms with Crippen molar-refractivity contribution in [2.45, 2.75) is 26.4 Å². The van der Waals surface area contributed by atoms with Gasteiger partial charge in [0, 0.05) is 6.54 Å².